The number of halogens is 1. The summed E-state index contributed by atoms with van der Waals surface area (Å²) >= 11 is 4.29. The zero-order chi connectivity index (χ0) is 14.0. The van der Waals surface area contributed by atoms with E-state index in [1.165, 1.54) is 0 Å². The van der Waals surface area contributed by atoms with E-state index in [1.54, 1.807) is 26.0 Å². The van der Waals surface area contributed by atoms with Crippen molar-refractivity contribution in [2.75, 3.05) is 5.75 Å². The molecule has 19 heavy (non-hydrogen) atoms. The first-order chi connectivity index (χ1) is 8.96. The lowest BCUT2D eigenvalue weighted by Gasteiger charge is -2.12. The van der Waals surface area contributed by atoms with Crippen molar-refractivity contribution in [1.82, 2.24) is 5.32 Å². The predicted molar refractivity (Wildman–Crippen MR) is 77.9 cm³/mol. The van der Waals surface area contributed by atoms with Crippen molar-refractivity contribution >= 4 is 18.5 Å². The Kier molecular flexibility index (Phi) is 4.19. The summed E-state index contributed by atoms with van der Waals surface area (Å²) in [6.07, 6.45) is 2.74. The fourth-order valence-corrected chi connectivity index (χ4v) is 2.74. The van der Waals surface area contributed by atoms with Crippen LogP contribution in [-0.4, -0.2) is 11.7 Å². The van der Waals surface area contributed by atoms with E-state index in [2.05, 4.69) is 17.9 Å². The number of thiol groups is 1. The first-order valence-electron chi connectivity index (χ1n) is 6.59. The van der Waals surface area contributed by atoms with Crippen LogP contribution in [0.25, 0.3) is 0 Å². The van der Waals surface area contributed by atoms with Crippen molar-refractivity contribution in [1.29, 1.82) is 0 Å². The van der Waals surface area contributed by atoms with Gasteiger partial charge >= 0.3 is 0 Å². The molecule has 0 unspecified atom stereocenters. The van der Waals surface area contributed by atoms with Crippen LogP contribution in [0, 0.1) is 25.1 Å². The summed E-state index contributed by atoms with van der Waals surface area (Å²) in [5.74, 6) is 0.670. The van der Waals surface area contributed by atoms with Crippen LogP contribution in [0.15, 0.2) is 12.1 Å². The number of aryl methyl sites for hydroxylation is 2. The molecule has 0 atom stereocenters. The van der Waals surface area contributed by atoms with Gasteiger partial charge in [-0.2, -0.15) is 12.6 Å². The number of carbonyl (C=O) groups is 1. The average molecular weight is 281 g/mol. The number of benzene rings is 1. The van der Waals surface area contributed by atoms with Gasteiger partial charge < -0.3 is 5.32 Å². The minimum absolute atomic E-state index is 0.0613. The van der Waals surface area contributed by atoms with Crippen LogP contribution in [0.2, 0.25) is 0 Å². The Bertz CT molecular complexity index is 474. The molecule has 0 heterocycles. The average Bonchev–Trinajstić information content (AvgIpc) is 3.13. The van der Waals surface area contributed by atoms with E-state index in [9.17, 15) is 9.18 Å². The second-order valence-corrected chi connectivity index (χ2v) is 5.97. The third-order valence-electron chi connectivity index (χ3n) is 3.81. The Hall–Kier alpha value is -1.03. The lowest BCUT2D eigenvalue weighted by atomic mass is 10.0. The van der Waals surface area contributed by atoms with Crippen molar-refractivity contribution in [2.45, 2.75) is 39.7 Å². The molecule has 2 rings (SSSR count). The maximum atomic E-state index is 13.5. The summed E-state index contributed by atoms with van der Waals surface area (Å²) in [6.45, 7) is 3.95. The second-order valence-electron chi connectivity index (χ2n) is 5.66. The molecule has 1 aliphatic carbocycles. The molecule has 0 aliphatic heterocycles. The van der Waals surface area contributed by atoms with Gasteiger partial charge in [0.05, 0.1) is 0 Å². The third kappa shape index (κ3) is 3.50. The molecule has 4 heteroatoms. The van der Waals surface area contributed by atoms with E-state index in [-0.39, 0.29) is 17.1 Å². The van der Waals surface area contributed by atoms with Gasteiger partial charge in [0.15, 0.2) is 0 Å². The van der Waals surface area contributed by atoms with Crippen LogP contribution in [-0.2, 0) is 11.3 Å². The highest BCUT2D eigenvalue weighted by Crippen LogP contribution is 2.49. The number of nitrogens with one attached hydrogen (secondary N) is 1. The van der Waals surface area contributed by atoms with Gasteiger partial charge in [-0.3, -0.25) is 4.79 Å². The molecule has 104 valence electrons. The Morgan fingerprint density at radius 2 is 1.95 bits per heavy atom. The second kappa shape index (κ2) is 5.53. The molecule has 1 aliphatic rings. The van der Waals surface area contributed by atoms with Gasteiger partial charge in [-0.15, -0.1) is 0 Å². The molecule has 0 saturated heterocycles. The summed E-state index contributed by atoms with van der Waals surface area (Å²) in [5, 5.41) is 2.91. The number of hydrogen-bond donors (Lipinski definition) is 2. The zero-order valence-corrected chi connectivity index (χ0v) is 12.3. The fourth-order valence-electron chi connectivity index (χ4n) is 2.31. The smallest absolute Gasteiger partial charge is 0.220 e. The molecule has 1 fully saturated rings. The normalized spacial score (nSPS) is 16.2. The van der Waals surface area contributed by atoms with Crippen LogP contribution in [0.4, 0.5) is 4.39 Å². The van der Waals surface area contributed by atoms with Crippen molar-refractivity contribution in [2.24, 2.45) is 5.41 Å². The van der Waals surface area contributed by atoms with Gasteiger partial charge in [0.25, 0.3) is 0 Å². The standard InChI is InChI=1S/C15H20FNOS/c1-10-5-12(6-11(2)14(10)16)8-17-13(18)7-15(9-19)3-4-15/h5-6,19H,3-4,7-9H2,1-2H3,(H,17,18). The van der Waals surface area contributed by atoms with E-state index < -0.39 is 0 Å². The van der Waals surface area contributed by atoms with E-state index in [1.807, 2.05) is 0 Å². The summed E-state index contributed by atoms with van der Waals surface area (Å²) in [4.78, 5) is 11.8. The molecule has 1 aromatic carbocycles. The Morgan fingerprint density at radius 3 is 2.42 bits per heavy atom. The van der Waals surface area contributed by atoms with Crippen LogP contribution >= 0.6 is 12.6 Å². The lowest BCUT2D eigenvalue weighted by molar-refractivity contribution is -0.122. The highest BCUT2D eigenvalue weighted by Gasteiger charge is 2.42. The van der Waals surface area contributed by atoms with Crippen LogP contribution in [0.5, 0.6) is 0 Å². The lowest BCUT2D eigenvalue weighted by Crippen LogP contribution is -2.26. The van der Waals surface area contributed by atoms with Crippen molar-refractivity contribution in [3.8, 4) is 0 Å². The minimum atomic E-state index is -0.165. The first kappa shape index (κ1) is 14.4. The Balaban J connectivity index is 1.90. The fraction of sp³-hybridized carbons (Fsp3) is 0.533. The van der Waals surface area contributed by atoms with Crippen molar-refractivity contribution in [3.63, 3.8) is 0 Å². The highest BCUT2D eigenvalue weighted by molar-refractivity contribution is 7.80. The molecular weight excluding hydrogens is 261 g/mol. The van der Waals surface area contributed by atoms with Crippen molar-refractivity contribution in [3.05, 3.63) is 34.6 Å². The number of hydrogen-bond acceptors (Lipinski definition) is 2. The number of amides is 1. The van der Waals surface area contributed by atoms with E-state index >= 15 is 0 Å². The minimum Gasteiger partial charge on any atom is -0.352 e. The highest BCUT2D eigenvalue weighted by atomic mass is 32.1. The van der Waals surface area contributed by atoms with Gasteiger partial charge in [-0.05, 0) is 54.5 Å². The molecule has 1 N–H and O–H groups in total. The quantitative estimate of drug-likeness (QED) is 0.798. The van der Waals surface area contributed by atoms with Crippen molar-refractivity contribution < 1.29 is 9.18 Å². The molecule has 0 aromatic heterocycles. The largest absolute Gasteiger partial charge is 0.352 e. The van der Waals surface area contributed by atoms with E-state index in [0.717, 1.165) is 24.2 Å². The summed E-state index contributed by atoms with van der Waals surface area (Å²) < 4.78 is 13.5. The number of carbonyl (C=O) groups excluding carboxylic acids is 1. The third-order valence-corrected chi connectivity index (χ3v) is 4.48. The first-order valence-corrected chi connectivity index (χ1v) is 7.22. The summed E-state index contributed by atoms with van der Waals surface area (Å²) in [6, 6.07) is 3.57. The molecule has 1 saturated carbocycles. The van der Waals surface area contributed by atoms with Gasteiger partial charge in [0, 0.05) is 13.0 Å². The van der Waals surface area contributed by atoms with E-state index in [4.69, 9.17) is 0 Å². The molecule has 0 spiro atoms. The van der Waals surface area contributed by atoms with Gasteiger partial charge in [-0.1, -0.05) is 12.1 Å². The summed E-state index contributed by atoms with van der Waals surface area (Å²) in [5.41, 5.74) is 2.33. The molecule has 0 radical (unpaired) electrons. The SMILES string of the molecule is Cc1cc(CNC(=O)CC2(CS)CC2)cc(C)c1F. The maximum Gasteiger partial charge on any atom is 0.220 e. The molecule has 2 nitrogen and oxygen atoms in total. The van der Waals surface area contributed by atoms with Crippen LogP contribution in [0.1, 0.15) is 36.0 Å². The molecule has 0 bridgehead atoms. The van der Waals surface area contributed by atoms with Crippen LogP contribution in [0.3, 0.4) is 0 Å². The maximum absolute atomic E-state index is 13.5. The monoisotopic (exact) mass is 281 g/mol. The molecular formula is C15H20FNOS. The molecule has 1 amide bonds. The van der Waals surface area contributed by atoms with Crippen LogP contribution < -0.4 is 5.32 Å². The van der Waals surface area contributed by atoms with Gasteiger partial charge in [0.1, 0.15) is 5.82 Å². The number of rotatable bonds is 5. The predicted octanol–water partition coefficient (Wildman–Crippen LogP) is 3.16. The Labute approximate surface area is 119 Å². The zero-order valence-electron chi connectivity index (χ0n) is 11.4. The van der Waals surface area contributed by atoms with E-state index in [0.29, 0.717) is 24.1 Å². The Morgan fingerprint density at radius 1 is 1.37 bits per heavy atom. The van der Waals surface area contributed by atoms with Gasteiger partial charge in [-0.25, -0.2) is 4.39 Å². The van der Waals surface area contributed by atoms with Gasteiger partial charge in [0.2, 0.25) is 5.91 Å². The summed E-state index contributed by atoms with van der Waals surface area (Å²) in [7, 11) is 0. The molecule has 1 aromatic rings. The topological polar surface area (TPSA) is 29.1 Å².